The van der Waals surface area contributed by atoms with Gasteiger partial charge in [-0.15, -0.1) is 20.1 Å². The zero-order valence-corrected chi connectivity index (χ0v) is 17.6. The van der Waals surface area contributed by atoms with Crippen molar-refractivity contribution in [2.45, 2.75) is 12.2 Å². The van der Waals surface area contributed by atoms with Gasteiger partial charge >= 0.3 is 16.4 Å². The number of benzene rings is 1. The predicted molar refractivity (Wildman–Crippen MR) is 110 cm³/mol. The summed E-state index contributed by atoms with van der Waals surface area (Å²) in [5.74, 6) is -2.31. The Morgan fingerprint density at radius 1 is 1.16 bits per heavy atom. The maximum Gasteiger partial charge on any atom is 0.413 e. The van der Waals surface area contributed by atoms with Crippen LogP contribution in [0.2, 0.25) is 0 Å². The molecule has 1 aliphatic rings. The van der Waals surface area contributed by atoms with Crippen LogP contribution in [0.5, 0.6) is 5.75 Å². The number of carbonyl (C=O) groups excluding carboxylic acids is 1. The number of hydrogen-bond acceptors (Lipinski definition) is 7. The number of phenols is 1. The number of nitrogens with zero attached hydrogens (tertiary/aromatic N) is 3. The number of amides is 1. The fraction of sp³-hybridized carbons (Fsp3) is 0.235. The Labute approximate surface area is 179 Å². The van der Waals surface area contributed by atoms with E-state index in [9.17, 15) is 31.5 Å². The summed E-state index contributed by atoms with van der Waals surface area (Å²) in [5, 5.41) is 16.3. The van der Waals surface area contributed by atoms with Crippen molar-refractivity contribution in [1.29, 1.82) is 0 Å². The fourth-order valence-electron chi connectivity index (χ4n) is 2.61. The Bertz CT molecular complexity index is 1160. The van der Waals surface area contributed by atoms with Gasteiger partial charge in [-0.2, -0.15) is 21.6 Å². The molecule has 14 heteroatoms. The molecule has 1 aromatic heterocycles. The molecule has 0 fully saturated rings. The minimum atomic E-state index is -4.76. The van der Waals surface area contributed by atoms with Crippen molar-refractivity contribution in [1.82, 2.24) is 10.2 Å². The number of alkyl halides is 3. The largest absolute Gasteiger partial charge is 0.505 e. The third-order valence-corrected chi connectivity index (χ3v) is 5.76. The fourth-order valence-corrected chi connectivity index (χ4v) is 4.18. The van der Waals surface area contributed by atoms with Gasteiger partial charge in [0, 0.05) is 19.0 Å². The number of phenolic OH excluding ortho intramolecular Hbond substituents is 1. The summed E-state index contributed by atoms with van der Waals surface area (Å²) in [7, 11) is -1.52. The molecular weight excluding hydrogens is 459 g/mol. The first-order valence-electron chi connectivity index (χ1n) is 8.51. The predicted octanol–water partition coefficient (Wildman–Crippen LogP) is 2.52. The first-order valence-corrected chi connectivity index (χ1v) is 10.8. The summed E-state index contributed by atoms with van der Waals surface area (Å²) in [6.07, 6.45) is -4.76. The Kier molecular flexibility index (Phi) is 5.96. The van der Waals surface area contributed by atoms with Crippen LogP contribution in [0.4, 0.5) is 18.9 Å². The van der Waals surface area contributed by atoms with Gasteiger partial charge in [0.15, 0.2) is 23.5 Å². The van der Waals surface area contributed by atoms with E-state index in [1.807, 2.05) is 0 Å². The van der Waals surface area contributed by atoms with E-state index in [-0.39, 0.29) is 16.1 Å². The molecule has 31 heavy (non-hydrogen) atoms. The number of anilines is 1. The highest BCUT2D eigenvalue weighted by Gasteiger charge is 2.43. The van der Waals surface area contributed by atoms with Gasteiger partial charge in [-0.3, -0.25) is 4.79 Å². The Morgan fingerprint density at radius 2 is 1.84 bits per heavy atom. The normalized spacial score (nSPS) is 16.3. The second kappa shape index (κ2) is 8.19. The van der Waals surface area contributed by atoms with Crippen LogP contribution >= 0.6 is 11.3 Å². The third kappa shape index (κ3) is 4.96. The van der Waals surface area contributed by atoms with Crippen LogP contribution in [-0.4, -0.2) is 56.3 Å². The molecule has 1 aromatic carbocycles. The maximum absolute atomic E-state index is 13.6. The van der Waals surface area contributed by atoms with Crippen LogP contribution in [0.15, 0.2) is 44.5 Å². The molecule has 3 N–H and O–H groups in total. The number of para-hydroxylation sites is 1. The molecule has 0 bridgehead atoms. The smallest absolute Gasteiger partial charge is 0.413 e. The maximum atomic E-state index is 13.6. The molecule has 0 unspecified atom stereocenters. The molecule has 9 nitrogen and oxygen atoms in total. The molecule has 0 radical (unpaired) electrons. The highest BCUT2D eigenvalue weighted by molar-refractivity contribution is 7.89. The average molecular weight is 475 g/mol. The molecule has 1 amide bonds. The lowest BCUT2D eigenvalue weighted by Crippen LogP contribution is -2.42. The third-order valence-electron chi connectivity index (χ3n) is 4.00. The van der Waals surface area contributed by atoms with Crippen molar-refractivity contribution in [3.05, 3.63) is 46.2 Å². The molecule has 2 heterocycles. The van der Waals surface area contributed by atoms with Gasteiger partial charge in [0.1, 0.15) is 0 Å². The van der Waals surface area contributed by atoms with Gasteiger partial charge in [-0.1, -0.05) is 12.1 Å². The second-order valence-corrected chi connectivity index (χ2v) is 8.73. The number of aromatic hydroxyl groups is 1. The zero-order chi connectivity index (χ0) is 23.0. The van der Waals surface area contributed by atoms with Gasteiger partial charge in [0.25, 0.3) is 5.91 Å². The second-order valence-electron chi connectivity index (χ2n) is 6.49. The van der Waals surface area contributed by atoms with E-state index in [1.165, 1.54) is 54.7 Å². The standard InChI is InChI=1S/C17H16F3N5O4S2/c1-25(2)16(27)9-5-3-6-10(12(9)26)21-14-15(24-31(28,29)23-14)22-13(17(18,19)20)11-7-4-8-30-11/h3-8,13,26H,1-2H3,(H,21,23)(H,22,24)/t13-/m0/s1. The molecule has 1 atom stereocenters. The number of rotatable bonds is 4. The van der Waals surface area contributed by atoms with Crippen LogP contribution in [0.25, 0.3) is 0 Å². The van der Waals surface area contributed by atoms with Crippen LogP contribution < -0.4 is 10.6 Å². The quantitative estimate of drug-likeness (QED) is 0.584. The Hall–Kier alpha value is -3.13. The lowest BCUT2D eigenvalue weighted by molar-refractivity contribution is -0.153. The monoisotopic (exact) mass is 475 g/mol. The SMILES string of the molecule is CN(C)C(=O)c1cccc(NC2=NS(=O)(=O)N=C2N[C@@H](c2cccs2)C(F)(F)F)c1O. The molecular formula is C17H16F3N5O4S2. The summed E-state index contributed by atoms with van der Waals surface area (Å²) in [6.45, 7) is 0. The Morgan fingerprint density at radius 3 is 2.42 bits per heavy atom. The minimum Gasteiger partial charge on any atom is -0.505 e. The van der Waals surface area contributed by atoms with E-state index in [0.717, 1.165) is 11.3 Å². The first-order chi connectivity index (χ1) is 14.4. The summed E-state index contributed by atoms with van der Waals surface area (Å²) < 4.78 is 70.9. The summed E-state index contributed by atoms with van der Waals surface area (Å²) >= 11 is 0.827. The number of amidine groups is 2. The lowest BCUT2D eigenvalue weighted by atomic mass is 10.1. The molecule has 2 aromatic rings. The first kappa shape index (κ1) is 22.6. The van der Waals surface area contributed by atoms with E-state index >= 15 is 0 Å². The topological polar surface area (TPSA) is 123 Å². The van der Waals surface area contributed by atoms with E-state index < -0.39 is 45.8 Å². The molecule has 166 valence electrons. The van der Waals surface area contributed by atoms with E-state index in [4.69, 9.17) is 0 Å². The van der Waals surface area contributed by atoms with E-state index in [2.05, 4.69) is 19.4 Å². The number of hydrogen-bond donors (Lipinski definition) is 3. The van der Waals surface area contributed by atoms with Gasteiger partial charge in [0.2, 0.25) is 0 Å². The zero-order valence-electron chi connectivity index (χ0n) is 16.0. The molecule has 0 saturated heterocycles. The average Bonchev–Trinajstić information content (AvgIpc) is 3.27. The van der Waals surface area contributed by atoms with Gasteiger partial charge in [-0.05, 0) is 23.6 Å². The van der Waals surface area contributed by atoms with Gasteiger partial charge in [0.05, 0.1) is 11.3 Å². The molecule has 0 saturated carbocycles. The summed E-state index contributed by atoms with van der Waals surface area (Å²) in [4.78, 5) is 13.3. The van der Waals surface area contributed by atoms with Crippen LogP contribution in [0.1, 0.15) is 21.3 Å². The van der Waals surface area contributed by atoms with Crippen molar-refractivity contribution >= 4 is 44.8 Å². The minimum absolute atomic E-state index is 0.102. The molecule has 0 spiro atoms. The highest BCUT2D eigenvalue weighted by atomic mass is 32.2. The van der Waals surface area contributed by atoms with Crippen molar-refractivity contribution in [2.75, 3.05) is 19.4 Å². The van der Waals surface area contributed by atoms with E-state index in [1.54, 1.807) is 0 Å². The summed E-state index contributed by atoms with van der Waals surface area (Å²) in [5.41, 5.74) is -0.243. The summed E-state index contributed by atoms with van der Waals surface area (Å²) in [6, 6.07) is 4.46. The van der Waals surface area contributed by atoms with Crippen LogP contribution in [0, 0.1) is 0 Å². The number of thiophene rings is 1. The van der Waals surface area contributed by atoms with Crippen LogP contribution in [-0.2, 0) is 10.2 Å². The van der Waals surface area contributed by atoms with Gasteiger partial charge < -0.3 is 20.6 Å². The van der Waals surface area contributed by atoms with Crippen molar-refractivity contribution < 1.29 is 31.5 Å². The molecule has 0 aliphatic carbocycles. The highest BCUT2D eigenvalue weighted by Crippen LogP contribution is 2.35. The lowest BCUT2D eigenvalue weighted by Gasteiger charge is -2.22. The number of nitrogens with one attached hydrogen (secondary N) is 2. The van der Waals surface area contributed by atoms with E-state index in [0.29, 0.717) is 0 Å². The van der Waals surface area contributed by atoms with Gasteiger partial charge in [-0.25, -0.2) is 0 Å². The van der Waals surface area contributed by atoms with Crippen molar-refractivity contribution in [3.63, 3.8) is 0 Å². The molecule has 3 rings (SSSR count). The van der Waals surface area contributed by atoms with Crippen molar-refractivity contribution in [2.24, 2.45) is 8.80 Å². The Balaban J connectivity index is 1.94. The molecule has 1 aliphatic heterocycles. The van der Waals surface area contributed by atoms with Crippen LogP contribution in [0.3, 0.4) is 0 Å². The van der Waals surface area contributed by atoms with Crippen molar-refractivity contribution in [3.8, 4) is 5.75 Å². The number of carbonyl (C=O) groups is 1. The number of halogens is 3.